The summed E-state index contributed by atoms with van der Waals surface area (Å²) in [5.74, 6) is -0.430. The number of alkyl carbamates (subject to hydrolysis) is 1. The minimum absolute atomic E-state index is 0.103. The van der Waals surface area contributed by atoms with Crippen LogP contribution < -0.4 is 10.6 Å². The molecule has 2 aromatic carbocycles. The Labute approximate surface area is 265 Å². The largest absolute Gasteiger partial charge is 0.444 e. The highest BCUT2D eigenvalue weighted by Gasteiger charge is 2.37. The van der Waals surface area contributed by atoms with E-state index in [-0.39, 0.29) is 24.3 Å². The van der Waals surface area contributed by atoms with Gasteiger partial charge in [-0.1, -0.05) is 106 Å². The molecule has 242 valence electrons. The van der Waals surface area contributed by atoms with Crippen LogP contribution in [0.15, 0.2) is 48.5 Å². The van der Waals surface area contributed by atoms with Crippen molar-refractivity contribution in [1.82, 2.24) is 15.5 Å². The zero-order valence-corrected chi connectivity index (χ0v) is 27.9. The van der Waals surface area contributed by atoms with Gasteiger partial charge in [-0.2, -0.15) is 0 Å². The third-order valence-corrected chi connectivity index (χ3v) is 8.29. The summed E-state index contributed by atoms with van der Waals surface area (Å²) in [5, 5.41) is 6.20. The second kappa shape index (κ2) is 17.2. The van der Waals surface area contributed by atoms with E-state index in [9.17, 15) is 14.4 Å². The first-order valence-electron chi connectivity index (χ1n) is 16.7. The molecule has 3 amide bonds. The molecule has 2 N–H and O–H groups in total. The Bertz CT molecular complexity index is 1200. The van der Waals surface area contributed by atoms with Crippen molar-refractivity contribution < 1.29 is 19.1 Å². The van der Waals surface area contributed by atoms with Crippen LogP contribution >= 0.6 is 0 Å². The molecule has 0 radical (unpaired) electrons. The van der Waals surface area contributed by atoms with Crippen LogP contribution in [0.1, 0.15) is 120 Å². The van der Waals surface area contributed by atoms with Crippen molar-refractivity contribution in [1.29, 1.82) is 0 Å². The summed E-state index contributed by atoms with van der Waals surface area (Å²) in [7, 11) is 0. The standard InChI is InChI=1S/C37H55N3O4/c1-7-8-9-10-17-24-40(35(42)32(26-29-18-13-11-14-19-29)39-36(43)44-37(4,5)6)33(31-23-22-27(2)25-28(31)3)34(41)38-30-20-15-12-16-21-30/h11,13-14,18-19,22-23,25,30,32-33H,7-10,12,15-17,20-21,24,26H2,1-6H3,(H,38,41)(H,39,43). The monoisotopic (exact) mass is 605 g/mol. The number of ether oxygens (including phenoxy) is 1. The zero-order valence-electron chi connectivity index (χ0n) is 27.9. The molecule has 2 aromatic rings. The summed E-state index contributed by atoms with van der Waals surface area (Å²) >= 11 is 0. The smallest absolute Gasteiger partial charge is 0.408 e. The van der Waals surface area contributed by atoms with Crippen LogP contribution in [0.3, 0.4) is 0 Å². The molecule has 7 nitrogen and oxygen atoms in total. The van der Waals surface area contributed by atoms with Gasteiger partial charge in [0.25, 0.3) is 0 Å². The van der Waals surface area contributed by atoms with E-state index in [4.69, 9.17) is 4.74 Å². The van der Waals surface area contributed by atoms with Crippen LogP contribution in [0.2, 0.25) is 0 Å². The molecular weight excluding hydrogens is 550 g/mol. The molecule has 0 heterocycles. The fourth-order valence-electron chi connectivity index (χ4n) is 6.06. The number of benzene rings is 2. The second-order valence-corrected chi connectivity index (χ2v) is 13.4. The van der Waals surface area contributed by atoms with Crippen molar-refractivity contribution in [3.8, 4) is 0 Å². The normalized spacial score (nSPS) is 15.2. The molecule has 0 bridgehead atoms. The van der Waals surface area contributed by atoms with Gasteiger partial charge in [-0.05, 0) is 70.6 Å². The lowest BCUT2D eigenvalue weighted by atomic mass is 9.93. The first-order valence-corrected chi connectivity index (χ1v) is 16.7. The zero-order chi connectivity index (χ0) is 32.1. The van der Waals surface area contributed by atoms with E-state index in [0.29, 0.717) is 6.54 Å². The first-order chi connectivity index (χ1) is 21.0. The van der Waals surface area contributed by atoms with Gasteiger partial charge in [0.1, 0.15) is 17.7 Å². The number of nitrogens with zero attached hydrogens (tertiary/aromatic N) is 1. The minimum atomic E-state index is -0.904. The van der Waals surface area contributed by atoms with E-state index in [0.717, 1.165) is 80.0 Å². The van der Waals surface area contributed by atoms with Gasteiger partial charge in [-0.25, -0.2) is 4.79 Å². The molecule has 2 unspecified atom stereocenters. The van der Waals surface area contributed by atoms with Crippen molar-refractivity contribution in [3.63, 3.8) is 0 Å². The van der Waals surface area contributed by atoms with E-state index in [2.05, 4.69) is 23.6 Å². The molecule has 7 heteroatoms. The van der Waals surface area contributed by atoms with Gasteiger partial charge in [-0.3, -0.25) is 9.59 Å². The highest BCUT2D eigenvalue weighted by Crippen LogP contribution is 2.29. The van der Waals surface area contributed by atoms with E-state index in [1.54, 1.807) is 25.7 Å². The summed E-state index contributed by atoms with van der Waals surface area (Å²) in [6.07, 6.45) is 9.98. The molecule has 1 saturated carbocycles. The Balaban J connectivity index is 2.04. The molecule has 0 spiro atoms. The maximum atomic E-state index is 14.7. The second-order valence-electron chi connectivity index (χ2n) is 13.4. The van der Waals surface area contributed by atoms with Gasteiger partial charge >= 0.3 is 6.09 Å². The van der Waals surface area contributed by atoms with Gasteiger partial charge < -0.3 is 20.3 Å². The van der Waals surface area contributed by atoms with Crippen LogP contribution in [0.4, 0.5) is 4.79 Å². The SMILES string of the molecule is CCCCCCCN(C(=O)C(Cc1ccccc1)NC(=O)OC(C)(C)C)C(C(=O)NC1CCCCC1)c1ccc(C)cc1C. The van der Waals surface area contributed by atoms with E-state index in [1.165, 1.54) is 6.42 Å². The predicted molar refractivity (Wildman–Crippen MR) is 177 cm³/mol. The molecule has 0 saturated heterocycles. The van der Waals surface area contributed by atoms with E-state index >= 15 is 0 Å². The highest BCUT2D eigenvalue weighted by molar-refractivity contribution is 5.92. The molecule has 2 atom stereocenters. The number of hydrogen-bond donors (Lipinski definition) is 2. The number of hydrogen-bond acceptors (Lipinski definition) is 4. The Morgan fingerprint density at radius 1 is 0.932 bits per heavy atom. The molecule has 3 rings (SSSR count). The average Bonchev–Trinajstić information content (AvgIpc) is 2.96. The van der Waals surface area contributed by atoms with E-state index in [1.807, 2.05) is 56.3 Å². The number of carbonyl (C=O) groups excluding carboxylic acids is 3. The van der Waals surface area contributed by atoms with Crippen LogP contribution in [-0.2, 0) is 20.7 Å². The number of rotatable bonds is 14. The predicted octanol–water partition coefficient (Wildman–Crippen LogP) is 7.73. The maximum Gasteiger partial charge on any atom is 0.408 e. The number of carbonyl (C=O) groups is 3. The lowest BCUT2D eigenvalue weighted by Gasteiger charge is -2.36. The summed E-state index contributed by atoms with van der Waals surface area (Å²) in [6, 6.07) is 14.1. The quantitative estimate of drug-likeness (QED) is 0.216. The first kappa shape index (κ1) is 35.1. The molecule has 0 aliphatic heterocycles. The summed E-state index contributed by atoms with van der Waals surface area (Å²) < 4.78 is 5.59. The van der Waals surface area contributed by atoms with Gasteiger partial charge in [0.05, 0.1) is 0 Å². The van der Waals surface area contributed by atoms with Gasteiger partial charge in [0.15, 0.2) is 0 Å². The van der Waals surface area contributed by atoms with Crippen LogP contribution in [-0.4, -0.2) is 47.0 Å². The molecule has 1 aliphatic rings. The number of unbranched alkanes of at least 4 members (excludes halogenated alkanes) is 4. The van der Waals surface area contributed by atoms with Gasteiger partial charge in [0.2, 0.25) is 11.8 Å². The van der Waals surface area contributed by atoms with Crippen LogP contribution in [0, 0.1) is 13.8 Å². The fraction of sp³-hybridized carbons (Fsp3) is 0.595. The molecule has 1 fully saturated rings. The summed E-state index contributed by atoms with van der Waals surface area (Å²) in [5.41, 5.74) is 3.09. The van der Waals surface area contributed by atoms with Gasteiger partial charge in [0, 0.05) is 19.0 Å². The lowest BCUT2D eigenvalue weighted by molar-refractivity contribution is -0.143. The van der Waals surface area contributed by atoms with E-state index < -0.39 is 23.8 Å². The summed E-state index contributed by atoms with van der Waals surface area (Å²) in [6.45, 7) is 12.0. The van der Waals surface area contributed by atoms with Crippen molar-refractivity contribution in [2.24, 2.45) is 0 Å². The molecule has 1 aliphatic carbocycles. The third-order valence-electron chi connectivity index (χ3n) is 8.29. The van der Waals surface area contributed by atoms with Crippen molar-refractivity contribution in [3.05, 3.63) is 70.8 Å². The number of nitrogens with one attached hydrogen (secondary N) is 2. The topological polar surface area (TPSA) is 87.7 Å². The van der Waals surface area contributed by atoms with Gasteiger partial charge in [-0.15, -0.1) is 0 Å². The van der Waals surface area contributed by atoms with Crippen LogP contribution in [0.5, 0.6) is 0 Å². The Morgan fingerprint density at radius 3 is 2.25 bits per heavy atom. The lowest BCUT2D eigenvalue weighted by Crippen LogP contribution is -2.54. The van der Waals surface area contributed by atoms with Crippen molar-refractivity contribution >= 4 is 17.9 Å². The molecular formula is C37H55N3O4. The molecule has 44 heavy (non-hydrogen) atoms. The van der Waals surface area contributed by atoms with Crippen molar-refractivity contribution in [2.75, 3.05) is 6.54 Å². The highest BCUT2D eigenvalue weighted by atomic mass is 16.6. The number of aryl methyl sites for hydroxylation is 2. The molecule has 0 aromatic heterocycles. The maximum absolute atomic E-state index is 14.7. The fourth-order valence-corrected chi connectivity index (χ4v) is 6.06. The Hall–Kier alpha value is -3.35. The number of amides is 3. The minimum Gasteiger partial charge on any atom is -0.444 e. The van der Waals surface area contributed by atoms with Crippen LogP contribution in [0.25, 0.3) is 0 Å². The van der Waals surface area contributed by atoms with Crippen molar-refractivity contribution in [2.45, 2.75) is 136 Å². The third kappa shape index (κ3) is 11.3. The summed E-state index contributed by atoms with van der Waals surface area (Å²) in [4.78, 5) is 43.8. The Kier molecular flexibility index (Phi) is 13.7. The Morgan fingerprint density at radius 2 is 1.61 bits per heavy atom. The average molecular weight is 606 g/mol.